The van der Waals surface area contributed by atoms with Crippen LogP contribution in [-0.4, -0.2) is 41.8 Å². The Kier molecular flexibility index (Phi) is 4.39. The molecule has 2 fully saturated rings. The Balaban J connectivity index is 1.49. The molecule has 0 atom stereocenters. The van der Waals surface area contributed by atoms with Crippen LogP contribution in [0.25, 0.3) is 0 Å². The second kappa shape index (κ2) is 6.25. The Labute approximate surface area is 122 Å². The zero-order chi connectivity index (χ0) is 13.8. The third kappa shape index (κ3) is 3.60. The third-order valence-corrected chi connectivity index (χ3v) is 4.83. The summed E-state index contributed by atoms with van der Waals surface area (Å²) < 4.78 is 0. The fourth-order valence-corrected chi connectivity index (χ4v) is 3.05. The first kappa shape index (κ1) is 14.1. The normalized spacial score (nSPS) is 22.9. The minimum atomic E-state index is -0.0181. The zero-order valence-corrected chi connectivity index (χ0v) is 12.2. The number of hydrogen-bond donors (Lipinski definition) is 2. The highest BCUT2D eigenvalue weighted by Gasteiger charge is 2.35. The van der Waals surface area contributed by atoms with Crippen molar-refractivity contribution in [2.24, 2.45) is 5.92 Å². The third-order valence-electron chi connectivity index (χ3n) is 4.83. The smallest absolute Gasteiger partial charge is 0.0614 e. The molecule has 0 aromatic heterocycles. The minimum Gasteiger partial charge on any atom is -0.394 e. The van der Waals surface area contributed by atoms with Gasteiger partial charge in [0.1, 0.15) is 0 Å². The van der Waals surface area contributed by atoms with Gasteiger partial charge in [-0.3, -0.25) is 4.90 Å². The van der Waals surface area contributed by atoms with Crippen molar-refractivity contribution >= 4 is 0 Å². The van der Waals surface area contributed by atoms with Crippen LogP contribution in [0.5, 0.6) is 0 Å². The summed E-state index contributed by atoms with van der Waals surface area (Å²) in [5, 5.41) is 13.4. The van der Waals surface area contributed by atoms with E-state index >= 15 is 0 Å². The van der Waals surface area contributed by atoms with Crippen LogP contribution < -0.4 is 5.32 Å². The fraction of sp³-hybridized carbons (Fsp3) is 0.647. The van der Waals surface area contributed by atoms with Gasteiger partial charge in [0.15, 0.2) is 0 Å². The van der Waals surface area contributed by atoms with Gasteiger partial charge in [-0.1, -0.05) is 30.3 Å². The number of likely N-dealkylation sites (tertiary alicyclic amines) is 1. The van der Waals surface area contributed by atoms with Gasteiger partial charge in [-0.05, 0) is 43.7 Å². The van der Waals surface area contributed by atoms with Crippen LogP contribution in [0.15, 0.2) is 30.3 Å². The van der Waals surface area contributed by atoms with E-state index in [1.54, 1.807) is 0 Å². The van der Waals surface area contributed by atoms with Gasteiger partial charge in [0.05, 0.1) is 6.61 Å². The molecule has 1 aliphatic carbocycles. The number of benzene rings is 1. The van der Waals surface area contributed by atoms with Gasteiger partial charge in [-0.25, -0.2) is 0 Å². The largest absolute Gasteiger partial charge is 0.394 e. The molecule has 0 bridgehead atoms. The summed E-state index contributed by atoms with van der Waals surface area (Å²) in [7, 11) is 0. The molecule has 0 spiro atoms. The molecule has 1 saturated carbocycles. The van der Waals surface area contributed by atoms with E-state index < -0.39 is 0 Å². The Morgan fingerprint density at radius 2 is 1.85 bits per heavy atom. The van der Waals surface area contributed by atoms with Crippen molar-refractivity contribution in [3.8, 4) is 0 Å². The molecule has 1 aliphatic heterocycles. The Bertz CT molecular complexity index is 408. The molecular formula is C17H26N2O. The van der Waals surface area contributed by atoms with E-state index in [0.717, 1.165) is 44.9 Å². The highest BCUT2D eigenvalue weighted by Crippen LogP contribution is 2.30. The quantitative estimate of drug-likeness (QED) is 0.833. The lowest BCUT2D eigenvalue weighted by Crippen LogP contribution is -2.56. The van der Waals surface area contributed by atoms with Gasteiger partial charge < -0.3 is 10.4 Å². The number of rotatable bonds is 6. The maximum Gasteiger partial charge on any atom is 0.0614 e. The molecule has 20 heavy (non-hydrogen) atoms. The van der Waals surface area contributed by atoms with Gasteiger partial charge in [0, 0.05) is 25.2 Å². The molecule has 1 aromatic carbocycles. The number of nitrogens with one attached hydrogen (secondary N) is 1. The lowest BCUT2D eigenvalue weighted by Gasteiger charge is -2.41. The molecule has 0 radical (unpaired) electrons. The van der Waals surface area contributed by atoms with E-state index in [0.29, 0.717) is 0 Å². The molecule has 110 valence electrons. The number of piperidine rings is 1. The van der Waals surface area contributed by atoms with Crippen LogP contribution in [0.2, 0.25) is 0 Å². The van der Waals surface area contributed by atoms with E-state index in [9.17, 15) is 5.11 Å². The second-order valence-electron chi connectivity index (χ2n) is 6.52. The molecule has 2 N–H and O–H groups in total. The first-order valence-corrected chi connectivity index (χ1v) is 7.92. The molecular weight excluding hydrogens is 248 g/mol. The summed E-state index contributed by atoms with van der Waals surface area (Å²) in [6.07, 6.45) is 4.86. The van der Waals surface area contributed by atoms with E-state index in [1.165, 1.54) is 18.4 Å². The van der Waals surface area contributed by atoms with Gasteiger partial charge in [0.25, 0.3) is 0 Å². The molecule has 3 heteroatoms. The monoisotopic (exact) mass is 274 g/mol. The van der Waals surface area contributed by atoms with Crippen molar-refractivity contribution in [2.75, 3.05) is 26.2 Å². The summed E-state index contributed by atoms with van der Waals surface area (Å²) in [5.74, 6) is 0.876. The summed E-state index contributed by atoms with van der Waals surface area (Å²) in [5.41, 5.74) is 1.37. The van der Waals surface area contributed by atoms with Crippen molar-refractivity contribution in [2.45, 2.75) is 37.8 Å². The lowest BCUT2D eigenvalue weighted by atomic mass is 9.88. The molecule has 3 rings (SSSR count). The van der Waals surface area contributed by atoms with E-state index in [4.69, 9.17) is 0 Å². The molecule has 0 amide bonds. The number of nitrogens with zero attached hydrogens (tertiary/aromatic N) is 1. The van der Waals surface area contributed by atoms with Crippen LogP contribution >= 0.6 is 0 Å². The SMILES string of the molecule is OCC1(NCC2CC2)CCN(Cc2ccccc2)CC1. The molecule has 1 saturated heterocycles. The average molecular weight is 274 g/mol. The first-order chi connectivity index (χ1) is 9.80. The molecule has 2 aliphatic rings. The van der Waals surface area contributed by atoms with E-state index in [2.05, 4.69) is 40.5 Å². The summed E-state index contributed by atoms with van der Waals surface area (Å²) in [6.45, 7) is 4.56. The maximum absolute atomic E-state index is 9.77. The van der Waals surface area contributed by atoms with E-state index in [-0.39, 0.29) is 12.1 Å². The standard InChI is InChI=1S/C17H26N2O/c20-14-17(18-12-15-6-7-15)8-10-19(11-9-17)13-16-4-2-1-3-5-16/h1-5,15,18,20H,6-14H2. The number of aliphatic hydroxyl groups is 1. The van der Waals surface area contributed by atoms with Crippen LogP contribution in [0.4, 0.5) is 0 Å². The molecule has 1 aromatic rings. The van der Waals surface area contributed by atoms with Crippen molar-refractivity contribution in [1.29, 1.82) is 0 Å². The first-order valence-electron chi connectivity index (χ1n) is 7.92. The molecule has 1 heterocycles. The summed E-state index contributed by atoms with van der Waals surface area (Å²) >= 11 is 0. The van der Waals surface area contributed by atoms with Crippen LogP contribution in [0.1, 0.15) is 31.2 Å². The van der Waals surface area contributed by atoms with Gasteiger partial charge in [-0.2, -0.15) is 0 Å². The lowest BCUT2D eigenvalue weighted by molar-refractivity contribution is 0.0748. The maximum atomic E-state index is 9.77. The van der Waals surface area contributed by atoms with E-state index in [1.807, 2.05) is 0 Å². The zero-order valence-electron chi connectivity index (χ0n) is 12.2. The van der Waals surface area contributed by atoms with Gasteiger partial charge >= 0.3 is 0 Å². The number of aliphatic hydroxyl groups excluding tert-OH is 1. The van der Waals surface area contributed by atoms with Crippen molar-refractivity contribution < 1.29 is 5.11 Å². The van der Waals surface area contributed by atoms with Crippen LogP contribution in [-0.2, 0) is 6.54 Å². The summed E-state index contributed by atoms with van der Waals surface area (Å²) in [6, 6.07) is 10.7. The summed E-state index contributed by atoms with van der Waals surface area (Å²) in [4.78, 5) is 2.50. The Morgan fingerprint density at radius 1 is 1.15 bits per heavy atom. The minimum absolute atomic E-state index is 0.0181. The molecule has 3 nitrogen and oxygen atoms in total. The van der Waals surface area contributed by atoms with Gasteiger partial charge in [0.2, 0.25) is 0 Å². The fourth-order valence-electron chi connectivity index (χ4n) is 3.05. The average Bonchev–Trinajstić information content (AvgIpc) is 3.32. The predicted octanol–water partition coefficient (Wildman–Crippen LogP) is 2.01. The highest BCUT2D eigenvalue weighted by atomic mass is 16.3. The predicted molar refractivity (Wildman–Crippen MR) is 81.5 cm³/mol. The van der Waals surface area contributed by atoms with Crippen molar-refractivity contribution in [3.63, 3.8) is 0 Å². The van der Waals surface area contributed by atoms with Crippen LogP contribution in [0.3, 0.4) is 0 Å². The Morgan fingerprint density at radius 3 is 2.45 bits per heavy atom. The van der Waals surface area contributed by atoms with Crippen molar-refractivity contribution in [3.05, 3.63) is 35.9 Å². The Hall–Kier alpha value is -0.900. The molecule has 0 unspecified atom stereocenters. The number of hydrogen-bond acceptors (Lipinski definition) is 3. The topological polar surface area (TPSA) is 35.5 Å². The highest BCUT2D eigenvalue weighted by molar-refractivity contribution is 5.14. The van der Waals surface area contributed by atoms with Crippen molar-refractivity contribution in [1.82, 2.24) is 10.2 Å². The van der Waals surface area contributed by atoms with Crippen LogP contribution in [0, 0.1) is 5.92 Å². The second-order valence-corrected chi connectivity index (χ2v) is 6.52. The van der Waals surface area contributed by atoms with Gasteiger partial charge in [-0.15, -0.1) is 0 Å².